The maximum Gasteiger partial charge on any atom is 0.309 e. The van der Waals surface area contributed by atoms with E-state index in [4.69, 9.17) is 4.74 Å². The number of esters is 1. The number of likely N-dealkylation sites (tertiary alicyclic amines) is 1. The first-order valence-electron chi connectivity index (χ1n) is 20.4. The fourth-order valence-electron chi connectivity index (χ4n) is 14.2. The molecule has 0 bridgehead atoms. The maximum atomic E-state index is 13.9. The maximum absolute atomic E-state index is 13.9. The van der Waals surface area contributed by atoms with E-state index in [1.165, 1.54) is 31.3 Å². The number of aliphatic carboxylic acids is 1. The van der Waals surface area contributed by atoms with E-state index in [0.29, 0.717) is 36.0 Å². The van der Waals surface area contributed by atoms with E-state index in [2.05, 4.69) is 71.8 Å². The van der Waals surface area contributed by atoms with Crippen molar-refractivity contribution in [2.75, 3.05) is 13.1 Å². The second-order valence-corrected chi connectivity index (χ2v) is 20.7. The van der Waals surface area contributed by atoms with E-state index in [-0.39, 0.29) is 51.5 Å². The van der Waals surface area contributed by atoms with Crippen LogP contribution >= 0.6 is 0 Å². The number of hydrogen-bond donors (Lipinski definition) is 2. The van der Waals surface area contributed by atoms with Crippen LogP contribution in [0.3, 0.4) is 0 Å². The van der Waals surface area contributed by atoms with Gasteiger partial charge in [0.1, 0.15) is 6.10 Å². The van der Waals surface area contributed by atoms with E-state index in [9.17, 15) is 19.5 Å². The Hall–Kier alpha value is -2.31. The topological polar surface area (TPSA) is 95.9 Å². The van der Waals surface area contributed by atoms with Gasteiger partial charge in [-0.15, -0.1) is 0 Å². The first kappa shape index (κ1) is 38.4. The summed E-state index contributed by atoms with van der Waals surface area (Å²) >= 11 is 0. The summed E-state index contributed by atoms with van der Waals surface area (Å²) < 4.78 is 6.19. The lowest BCUT2D eigenvalue weighted by molar-refractivity contribution is -0.250. The van der Waals surface area contributed by atoms with Gasteiger partial charge < -0.3 is 20.1 Å². The summed E-state index contributed by atoms with van der Waals surface area (Å²) in [6.45, 7) is 30.5. The summed E-state index contributed by atoms with van der Waals surface area (Å²) in [5.74, 6) is 1.47. The third kappa shape index (κ3) is 6.11. The number of carboxylic acid groups (broad SMARTS) is 1. The standard InChI is InChI=1S/C44H70N2O5/c1-27(2)30-14-20-44(24-35(47)45-29-17-23-46(26-29)28(3)4)22-21-42(10)31(37(30)44)12-13-33-41(9)18-16-34(51-36(48)25-39(5,6)38(49)50)40(7,8)32(41)15-19-43(33,42)11/h29-34,37H,1,3,12-26H2,2,4-11H3,(H,45,47)(H,49,50)/t29-,30+,31-,32+,33-,34+,37-,41+,42-,43-,44-/m1/s1. The van der Waals surface area contributed by atoms with Gasteiger partial charge in [0.15, 0.2) is 0 Å². The normalized spacial score (nSPS) is 42.8. The van der Waals surface area contributed by atoms with Gasteiger partial charge in [-0.2, -0.15) is 0 Å². The van der Waals surface area contributed by atoms with Gasteiger partial charge in [-0.3, -0.25) is 14.4 Å². The fraction of sp³-hybridized carbons (Fsp3) is 0.841. The van der Waals surface area contributed by atoms with Crippen LogP contribution in [0.1, 0.15) is 146 Å². The van der Waals surface area contributed by atoms with E-state index in [1.54, 1.807) is 13.8 Å². The smallest absolute Gasteiger partial charge is 0.309 e. The van der Waals surface area contributed by atoms with Gasteiger partial charge in [-0.05, 0) is 150 Å². The average molecular weight is 707 g/mol. The number of nitrogens with zero attached hydrogens (tertiary/aromatic N) is 1. The molecule has 7 heteroatoms. The molecular formula is C44H70N2O5. The molecule has 1 saturated heterocycles. The van der Waals surface area contributed by atoms with Gasteiger partial charge in [-0.1, -0.05) is 53.3 Å². The number of allylic oxidation sites excluding steroid dienone is 2. The van der Waals surface area contributed by atoms with Crippen LogP contribution in [-0.2, 0) is 19.1 Å². The molecular weight excluding hydrogens is 636 g/mol. The van der Waals surface area contributed by atoms with Crippen LogP contribution in [0.2, 0.25) is 0 Å². The van der Waals surface area contributed by atoms with E-state index in [1.807, 2.05) is 0 Å². The molecule has 5 aliphatic carbocycles. The Kier molecular flexibility index (Phi) is 9.73. The second kappa shape index (κ2) is 12.9. The summed E-state index contributed by atoms with van der Waals surface area (Å²) in [5.41, 5.74) is 1.64. The van der Waals surface area contributed by atoms with Crippen molar-refractivity contribution in [3.8, 4) is 0 Å². The van der Waals surface area contributed by atoms with E-state index >= 15 is 0 Å². The molecule has 5 saturated carbocycles. The van der Waals surface area contributed by atoms with Crippen molar-refractivity contribution in [3.05, 3.63) is 24.4 Å². The molecule has 0 aromatic rings. The van der Waals surface area contributed by atoms with E-state index in [0.717, 1.165) is 63.7 Å². The molecule has 0 unspecified atom stereocenters. The molecule has 1 heterocycles. The molecule has 7 nitrogen and oxygen atoms in total. The van der Waals surface area contributed by atoms with Gasteiger partial charge in [0.2, 0.25) is 5.91 Å². The molecule has 0 spiro atoms. The first-order chi connectivity index (χ1) is 23.6. The molecule has 6 aliphatic rings. The summed E-state index contributed by atoms with van der Waals surface area (Å²) in [6, 6.07) is 0.209. The fourth-order valence-corrected chi connectivity index (χ4v) is 14.2. The van der Waals surface area contributed by atoms with Crippen molar-refractivity contribution in [1.29, 1.82) is 0 Å². The van der Waals surface area contributed by atoms with Crippen LogP contribution < -0.4 is 5.32 Å². The highest BCUT2D eigenvalue weighted by Gasteiger charge is 2.71. The Morgan fingerprint density at radius 1 is 0.863 bits per heavy atom. The third-order valence-corrected chi connectivity index (χ3v) is 17.2. The van der Waals surface area contributed by atoms with Crippen LogP contribution in [0.4, 0.5) is 0 Å². The number of nitrogens with one attached hydrogen (secondary N) is 1. The number of carbonyl (C=O) groups excluding carboxylic acids is 2. The van der Waals surface area contributed by atoms with Crippen molar-refractivity contribution in [1.82, 2.24) is 10.2 Å². The van der Waals surface area contributed by atoms with Gasteiger partial charge in [0.05, 0.1) is 11.8 Å². The van der Waals surface area contributed by atoms with Crippen LogP contribution in [0.25, 0.3) is 0 Å². The molecule has 1 aliphatic heterocycles. The number of carbonyl (C=O) groups is 3. The highest BCUT2D eigenvalue weighted by atomic mass is 16.5. The predicted octanol–water partition coefficient (Wildman–Crippen LogP) is 9.17. The molecule has 0 radical (unpaired) electrons. The summed E-state index contributed by atoms with van der Waals surface area (Å²) in [7, 11) is 0. The summed E-state index contributed by atoms with van der Waals surface area (Å²) in [6.07, 6.45) is 12.5. The molecule has 0 aromatic carbocycles. The minimum absolute atomic E-state index is 0.0496. The molecule has 2 N–H and O–H groups in total. The SMILES string of the molecule is C=C(C)[C@@H]1CC[C@]2(CC(=O)N[C@@H]3CCN(C(=C)C)C3)CC[C@]3(C)[C@H](CC[C@@H]4[C@@]5(C)CC[C@H](OC(=O)CC(C)(C)C(=O)O)C(C)(C)[C@@H]5CC[C@]43C)[C@@H]12. The van der Waals surface area contributed by atoms with Crippen molar-refractivity contribution in [3.63, 3.8) is 0 Å². The Balaban J connectivity index is 1.22. The molecule has 51 heavy (non-hydrogen) atoms. The number of ether oxygens (including phenoxy) is 1. The van der Waals surface area contributed by atoms with Gasteiger partial charge in [0.25, 0.3) is 0 Å². The quantitative estimate of drug-likeness (QED) is 0.183. The largest absolute Gasteiger partial charge is 0.481 e. The number of fused-ring (bicyclic) bond motifs is 7. The van der Waals surface area contributed by atoms with Gasteiger partial charge >= 0.3 is 11.9 Å². The molecule has 1 amide bonds. The van der Waals surface area contributed by atoms with Crippen LogP contribution in [-0.4, -0.2) is 53.1 Å². The van der Waals surface area contributed by atoms with Crippen molar-refractivity contribution in [2.45, 2.75) is 158 Å². The zero-order valence-electron chi connectivity index (χ0n) is 33.6. The van der Waals surface area contributed by atoms with Crippen molar-refractivity contribution < 1.29 is 24.2 Å². The molecule has 6 rings (SSSR count). The number of carboxylic acids is 1. The monoisotopic (exact) mass is 707 g/mol. The van der Waals surface area contributed by atoms with Crippen molar-refractivity contribution >= 4 is 17.8 Å². The van der Waals surface area contributed by atoms with Crippen LogP contribution in [0.15, 0.2) is 24.4 Å². The summed E-state index contributed by atoms with van der Waals surface area (Å²) in [5, 5.41) is 13.1. The van der Waals surface area contributed by atoms with E-state index < -0.39 is 17.4 Å². The summed E-state index contributed by atoms with van der Waals surface area (Å²) in [4.78, 5) is 41.0. The predicted molar refractivity (Wildman–Crippen MR) is 202 cm³/mol. The Bertz CT molecular complexity index is 1450. The Labute approximate surface area is 309 Å². The van der Waals surface area contributed by atoms with Gasteiger partial charge in [0, 0.05) is 36.7 Å². The highest BCUT2D eigenvalue weighted by Crippen LogP contribution is 2.78. The van der Waals surface area contributed by atoms with Gasteiger partial charge in [-0.25, -0.2) is 0 Å². The molecule has 11 atom stereocenters. The Morgan fingerprint density at radius 2 is 1.57 bits per heavy atom. The highest BCUT2D eigenvalue weighted by molar-refractivity contribution is 5.81. The van der Waals surface area contributed by atoms with Crippen LogP contribution in [0, 0.1) is 62.1 Å². The minimum Gasteiger partial charge on any atom is -0.481 e. The van der Waals surface area contributed by atoms with Crippen LogP contribution in [0.5, 0.6) is 0 Å². The minimum atomic E-state index is -1.14. The van der Waals surface area contributed by atoms with Crippen molar-refractivity contribution in [2.24, 2.45) is 62.1 Å². The molecule has 0 aromatic heterocycles. The first-order valence-corrected chi connectivity index (χ1v) is 20.4. The number of amides is 1. The zero-order chi connectivity index (χ0) is 37.5. The molecule has 6 fully saturated rings. The zero-order valence-corrected chi connectivity index (χ0v) is 33.6. The lowest BCUT2D eigenvalue weighted by atomic mass is 9.32. The second-order valence-electron chi connectivity index (χ2n) is 20.7. The average Bonchev–Trinajstić information content (AvgIpc) is 3.64. The lowest BCUT2D eigenvalue weighted by Crippen LogP contribution is -2.67. The number of rotatable bonds is 9. The third-order valence-electron chi connectivity index (χ3n) is 17.2. The lowest BCUT2D eigenvalue weighted by Gasteiger charge is -2.73. The Morgan fingerprint density at radius 3 is 2.20 bits per heavy atom. The number of hydrogen-bond acceptors (Lipinski definition) is 5. The molecule has 286 valence electrons.